The van der Waals surface area contributed by atoms with Crippen molar-refractivity contribution in [2.75, 3.05) is 11.9 Å². The summed E-state index contributed by atoms with van der Waals surface area (Å²) in [5.41, 5.74) is 1.44. The Morgan fingerprint density at radius 3 is 2.83 bits per heavy atom. The van der Waals surface area contributed by atoms with E-state index in [9.17, 15) is 4.79 Å². The molecule has 0 aliphatic heterocycles. The number of thiazole rings is 1. The van der Waals surface area contributed by atoms with Crippen LogP contribution in [0.5, 0.6) is 5.75 Å². The maximum atomic E-state index is 12.2. The summed E-state index contributed by atoms with van der Waals surface area (Å²) in [5, 5.41) is 5.64. The van der Waals surface area contributed by atoms with Gasteiger partial charge in [-0.15, -0.1) is 11.3 Å². The summed E-state index contributed by atoms with van der Waals surface area (Å²) in [7, 11) is 0. The van der Waals surface area contributed by atoms with Crippen molar-refractivity contribution in [3.63, 3.8) is 0 Å². The standard InChI is InChI=1S/C17H17N3O2S/c1-2-22-15-8-4-3-7-14(15)19-16(21)11-13-12-23-17(18-13)20-9-5-6-10-20/h3-10,12H,2,11H2,1H3,(H,19,21). The zero-order valence-electron chi connectivity index (χ0n) is 12.7. The molecule has 2 heterocycles. The van der Waals surface area contributed by atoms with Gasteiger partial charge in [-0.25, -0.2) is 4.98 Å². The third-order valence-electron chi connectivity index (χ3n) is 3.17. The predicted molar refractivity (Wildman–Crippen MR) is 91.4 cm³/mol. The third-order valence-corrected chi connectivity index (χ3v) is 4.07. The number of carbonyl (C=O) groups excluding carboxylic acids is 1. The lowest BCUT2D eigenvalue weighted by Gasteiger charge is -2.10. The van der Waals surface area contributed by atoms with Crippen molar-refractivity contribution in [2.24, 2.45) is 0 Å². The van der Waals surface area contributed by atoms with Crippen LogP contribution in [0, 0.1) is 0 Å². The Morgan fingerprint density at radius 1 is 1.26 bits per heavy atom. The fourth-order valence-electron chi connectivity index (χ4n) is 2.17. The van der Waals surface area contributed by atoms with Gasteiger partial charge >= 0.3 is 0 Å². The normalized spacial score (nSPS) is 10.5. The van der Waals surface area contributed by atoms with E-state index in [0.717, 1.165) is 10.8 Å². The van der Waals surface area contributed by atoms with Crippen LogP contribution in [-0.4, -0.2) is 22.1 Å². The second-order valence-corrected chi connectivity index (χ2v) is 5.70. The van der Waals surface area contributed by atoms with Crippen LogP contribution < -0.4 is 10.1 Å². The Balaban J connectivity index is 1.66. The quantitative estimate of drug-likeness (QED) is 0.754. The molecule has 118 valence electrons. The summed E-state index contributed by atoms with van der Waals surface area (Å²) in [4.78, 5) is 16.7. The first kappa shape index (κ1) is 15.3. The number of hydrogen-bond acceptors (Lipinski definition) is 4. The Hall–Kier alpha value is -2.60. The molecule has 23 heavy (non-hydrogen) atoms. The molecule has 3 rings (SSSR count). The Kier molecular flexibility index (Phi) is 4.73. The number of rotatable bonds is 6. The monoisotopic (exact) mass is 327 g/mol. The number of amides is 1. The summed E-state index contributed by atoms with van der Waals surface area (Å²) in [6.45, 7) is 2.47. The molecule has 0 atom stereocenters. The second kappa shape index (κ2) is 7.11. The highest BCUT2D eigenvalue weighted by Gasteiger charge is 2.11. The minimum absolute atomic E-state index is 0.110. The van der Waals surface area contributed by atoms with E-state index in [1.165, 1.54) is 11.3 Å². The van der Waals surface area contributed by atoms with Crippen molar-refractivity contribution in [2.45, 2.75) is 13.3 Å². The molecule has 0 unspecified atom stereocenters. The summed E-state index contributed by atoms with van der Waals surface area (Å²) in [6, 6.07) is 11.3. The van der Waals surface area contributed by atoms with Crippen molar-refractivity contribution in [3.05, 3.63) is 59.9 Å². The molecule has 6 heteroatoms. The molecule has 0 spiro atoms. The number of aromatic nitrogens is 2. The minimum atomic E-state index is -0.110. The van der Waals surface area contributed by atoms with Crippen LogP contribution in [0.1, 0.15) is 12.6 Å². The van der Waals surface area contributed by atoms with E-state index in [-0.39, 0.29) is 12.3 Å². The van der Waals surface area contributed by atoms with Crippen LogP contribution in [-0.2, 0) is 11.2 Å². The van der Waals surface area contributed by atoms with Crippen LogP contribution in [0.2, 0.25) is 0 Å². The minimum Gasteiger partial charge on any atom is -0.492 e. The smallest absolute Gasteiger partial charge is 0.230 e. The average molecular weight is 327 g/mol. The van der Waals surface area contributed by atoms with Gasteiger partial charge in [-0.05, 0) is 31.2 Å². The number of nitrogens with one attached hydrogen (secondary N) is 1. The lowest BCUT2D eigenvalue weighted by atomic mass is 10.2. The Morgan fingerprint density at radius 2 is 2.04 bits per heavy atom. The Bertz CT molecular complexity index is 781. The molecule has 0 saturated heterocycles. The molecule has 0 radical (unpaired) electrons. The van der Waals surface area contributed by atoms with Crippen LogP contribution in [0.15, 0.2) is 54.2 Å². The molecule has 5 nitrogen and oxygen atoms in total. The van der Waals surface area contributed by atoms with Crippen LogP contribution >= 0.6 is 11.3 Å². The molecular formula is C17H17N3O2S. The molecule has 0 aliphatic carbocycles. The SMILES string of the molecule is CCOc1ccccc1NC(=O)Cc1csc(-n2cccc2)n1. The van der Waals surface area contributed by atoms with E-state index in [1.807, 2.05) is 65.7 Å². The molecule has 0 aliphatic rings. The van der Waals surface area contributed by atoms with Gasteiger partial charge in [0.25, 0.3) is 0 Å². The van der Waals surface area contributed by atoms with E-state index in [2.05, 4.69) is 10.3 Å². The van der Waals surface area contributed by atoms with E-state index in [0.29, 0.717) is 18.0 Å². The largest absolute Gasteiger partial charge is 0.492 e. The second-order valence-electron chi connectivity index (χ2n) is 4.87. The molecule has 0 bridgehead atoms. The first-order chi connectivity index (χ1) is 11.3. The maximum absolute atomic E-state index is 12.2. The number of nitrogens with zero attached hydrogens (tertiary/aromatic N) is 2. The topological polar surface area (TPSA) is 56.1 Å². The molecule has 2 aromatic heterocycles. The summed E-state index contributed by atoms with van der Waals surface area (Å²) < 4.78 is 7.44. The van der Waals surface area contributed by atoms with Gasteiger partial charge < -0.3 is 14.6 Å². The number of anilines is 1. The van der Waals surface area contributed by atoms with E-state index in [4.69, 9.17) is 4.74 Å². The van der Waals surface area contributed by atoms with Crippen molar-refractivity contribution < 1.29 is 9.53 Å². The molecule has 3 aromatic rings. The van der Waals surface area contributed by atoms with Gasteiger partial charge in [-0.2, -0.15) is 0 Å². The number of hydrogen-bond donors (Lipinski definition) is 1. The molecule has 0 fully saturated rings. The first-order valence-corrected chi connectivity index (χ1v) is 8.23. The molecule has 1 amide bonds. The highest BCUT2D eigenvalue weighted by atomic mass is 32.1. The van der Waals surface area contributed by atoms with E-state index < -0.39 is 0 Å². The van der Waals surface area contributed by atoms with Crippen LogP contribution in [0.3, 0.4) is 0 Å². The molecule has 1 N–H and O–H groups in total. The Labute approximate surface area is 138 Å². The molecule has 1 aromatic carbocycles. The van der Waals surface area contributed by atoms with Crippen molar-refractivity contribution in [3.8, 4) is 10.9 Å². The summed E-state index contributed by atoms with van der Waals surface area (Å²) >= 11 is 1.51. The van der Waals surface area contributed by atoms with Crippen molar-refractivity contribution in [1.29, 1.82) is 0 Å². The van der Waals surface area contributed by atoms with Gasteiger partial charge in [-0.3, -0.25) is 4.79 Å². The fraction of sp³-hybridized carbons (Fsp3) is 0.176. The van der Waals surface area contributed by atoms with Crippen molar-refractivity contribution >= 4 is 22.9 Å². The lowest BCUT2D eigenvalue weighted by molar-refractivity contribution is -0.115. The van der Waals surface area contributed by atoms with Gasteiger partial charge in [0.2, 0.25) is 5.91 Å². The van der Waals surface area contributed by atoms with Crippen molar-refractivity contribution in [1.82, 2.24) is 9.55 Å². The number of carbonyl (C=O) groups is 1. The van der Waals surface area contributed by atoms with E-state index in [1.54, 1.807) is 0 Å². The zero-order valence-corrected chi connectivity index (χ0v) is 13.5. The number of ether oxygens (including phenoxy) is 1. The fourth-order valence-corrected chi connectivity index (χ4v) is 2.96. The average Bonchev–Trinajstić information content (AvgIpc) is 3.20. The van der Waals surface area contributed by atoms with Gasteiger partial charge in [0.05, 0.1) is 24.4 Å². The molecular weight excluding hydrogens is 310 g/mol. The van der Waals surface area contributed by atoms with Gasteiger partial charge in [-0.1, -0.05) is 12.1 Å². The number of para-hydroxylation sites is 2. The van der Waals surface area contributed by atoms with Crippen LogP contribution in [0.25, 0.3) is 5.13 Å². The first-order valence-electron chi connectivity index (χ1n) is 7.35. The van der Waals surface area contributed by atoms with E-state index >= 15 is 0 Å². The van der Waals surface area contributed by atoms with Gasteiger partial charge in [0.1, 0.15) is 5.75 Å². The third kappa shape index (κ3) is 3.78. The highest BCUT2D eigenvalue weighted by molar-refractivity contribution is 7.12. The summed E-state index contributed by atoms with van der Waals surface area (Å²) in [6.07, 6.45) is 4.10. The van der Waals surface area contributed by atoms with Crippen LogP contribution in [0.4, 0.5) is 5.69 Å². The maximum Gasteiger partial charge on any atom is 0.230 e. The lowest BCUT2D eigenvalue weighted by Crippen LogP contribution is -2.15. The number of benzene rings is 1. The van der Waals surface area contributed by atoms with Gasteiger partial charge in [0.15, 0.2) is 5.13 Å². The zero-order chi connectivity index (χ0) is 16.1. The molecule has 0 saturated carbocycles. The summed E-state index contributed by atoms with van der Waals surface area (Å²) in [5.74, 6) is 0.566. The predicted octanol–water partition coefficient (Wildman–Crippen LogP) is 3.51. The highest BCUT2D eigenvalue weighted by Crippen LogP contribution is 2.24. The van der Waals surface area contributed by atoms with Gasteiger partial charge in [0, 0.05) is 17.8 Å².